The molecule has 0 unspecified atom stereocenters. The quantitative estimate of drug-likeness (QED) is 0.548. The molecule has 5 rings (SSSR count). The summed E-state index contributed by atoms with van der Waals surface area (Å²) in [6.45, 7) is 4.44. The van der Waals surface area contributed by atoms with Crippen molar-refractivity contribution in [3.05, 3.63) is 41.0 Å². The van der Waals surface area contributed by atoms with E-state index in [-0.39, 0.29) is 11.9 Å². The van der Waals surface area contributed by atoms with Gasteiger partial charge in [0, 0.05) is 44.3 Å². The van der Waals surface area contributed by atoms with Crippen molar-refractivity contribution in [2.45, 2.75) is 38.1 Å². The van der Waals surface area contributed by atoms with E-state index in [1.54, 1.807) is 18.4 Å². The number of hydrogen-bond acceptors (Lipinski definition) is 7. The molecule has 170 valence electrons. The van der Waals surface area contributed by atoms with Crippen LogP contribution in [0.1, 0.15) is 43.4 Å². The van der Waals surface area contributed by atoms with E-state index in [1.807, 2.05) is 16.5 Å². The van der Waals surface area contributed by atoms with Crippen LogP contribution in [0.3, 0.4) is 0 Å². The van der Waals surface area contributed by atoms with Crippen LogP contribution in [0.4, 0.5) is 5.82 Å². The second kappa shape index (κ2) is 9.08. The molecule has 0 N–H and O–H groups in total. The van der Waals surface area contributed by atoms with E-state index in [0.29, 0.717) is 44.1 Å². The zero-order valence-corrected chi connectivity index (χ0v) is 19.8. The number of amides is 1. The summed E-state index contributed by atoms with van der Waals surface area (Å²) < 4.78 is 6.22. The first kappa shape index (κ1) is 21.8. The Bertz CT molecular complexity index is 1230. The number of benzene rings is 1. The molecule has 1 atom stereocenters. The first-order chi connectivity index (χ1) is 16.1. The fraction of sp³-hybridized carbons (Fsp3) is 0.440. The highest BCUT2D eigenvalue weighted by Gasteiger charge is 2.33. The van der Waals surface area contributed by atoms with Gasteiger partial charge in [-0.1, -0.05) is 6.07 Å². The van der Waals surface area contributed by atoms with E-state index >= 15 is 0 Å². The van der Waals surface area contributed by atoms with Gasteiger partial charge in [-0.05, 0) is 43.5 Å². The largest absolute Gasteiger partial charge is 0.384 e. The fourth-order valence-corrected chi connectivity index (χ4v) is 5.28. The molecule has 1 aliphatic heterocycles. The number of piperazine rings is 1. The number of fused-ring (bicyclic) bond motifs is 1. The highest BCUT2D eigenvalue weighted by Crippen LogP contribution is 2.45. The average Bonchev–Trinajstić information content (AvgIpc) is 3.58. The summed E-state index contributed by atoms with van der Waals surface area (Å²) >= 11 is 1.63. The molecule has 1 aliphatic carbocycles. The van der Waals surface area contributed by atoms with Gasteiger partial charge < -0.3 is 14.5 Å². The molecule has 1 saturated heterocycles. The Morgan fingerprint density at radius 2 is 2.15 bits per heavy atom. The van der Waals surface area contributed by atoms with E-state index in [1.165, 1.54) is 0 Å². The van der Waals surface area contributed by atoms with E-state index < -0.39 is 0 Å². The summed E-state index contributed by atoms with van der Waals surface area (Å²) in [7, 11) is 1.61. The standard InChI is InChI=1S/C25H27N5O2S/c1-16-14-29(8-9-30(16)23(31)7-10-32-2)25-19(13-26)11-20(24(28-25)17-3-4-17)18-5-6-22-21(12-18)27-15-33-22/h5-6,11-12,15-17H,3-4,7-10,14H2,1-2H3/t16-/m1/s1. The van der Waals surface area contributed by atoms with Gasteiger partial charge >= 0.3 is 0 Å². The molecule has 0 spiro atoms. The van der Waals surface area contributed by atoms with Crippen LogP contribution in [0.5, 0.6) is 0 Å². The van der Waals surface area contributed by atoms with E-state index in [0.717, 1.165) is 45.7 Å². The van der Waals surface area contributed by atoms with Gasteiger partial charge in [-0.25, -0.2) is 9.97 Å². The number of hydrogen-bond donors (Lipinski definition) is 0. The third-order valence-corrected chi connectivity index (χ3v) is 7.34. The molecular weight excluding hydrogens is 434 g/mol. The van der Waals surface area contributed by atoms with Crippen LogP contribution in [-0.4, -0.2) is 60.2 Å². The van der Waals surface area contributed by atoms with Gasteiger partial charge in [-0.3, -0.25) is 4.79 Å². The number of pyridine rings is 1. The zero-order valence-electron chi connectivity index (χ0n) is 19.0. The maximum atomic E-state index is 12.5. The monoisotopic (exact) mass is 461 g/mol. The van der Waals surface area contributed by atoms with Crippen molar-refractivity contribution >= 4 is 33.3 Å². The SMILES string of the molecule is COCCC(=O)N1CCN(c2nc(C3CC3)c(-c3ccc4scnc4c3)cc2C#N)C[C@H]1C. The number of rotatable bonds is 6. The van der Waals surface area contributed by atoms with Crippen LogP contribution in [0.15, 0.2) is 29.8 Å². The lowest BCUT2D eigenvalue weighted by atomic mass is 9.98. The molecule has 2 aromatic heterocycles. The summed E-state index contributed by atoms with van der Waals surface area (Å²) in [6, 6.07) is 10.7. The van der Waals surface area contributed by atoms with Crippen molar-refractivity contribution in [2.75, 3.05) is 38.3 Å². The van der Waals surface area contributed by atoms with Crippen molar-refractivity contribution in [2.24, 2.45) is 0 Å². The molecule has 33 heavy (non-hydrogen) atoms. The van der Waals surface area contributed by atoms with Gasteiger partial charge in [-0.15, -0.1) is 11.3 Å². The van der Waals surface area contributed by atoms with Crippen LogP contribution in [0.25, 0.3) is 21.3 Å². The second-order valence-corrected chi connectivity index (χ2v) is 9.72. The number of ether oxygens (including phenoxy) is 1. The summed E-state index contributed by atoms with van der Waals surface area (Å²) in [5.41, 5.74) is 6.59. The Morgan fingerprint density at radius 3 is 2.88 bits per heavy atom. The molecule has 3 heterocycles. The van der Waals surface area contributed by atoms with Gasteiger partial charge in [0.2, 0.25) is 5.91 Å². The third-order valence-electron chi connectivity index (χ3n) is 6.53. The molecule has 3 aromatic rings. The number of carbonyl (C=O) groups is 1. The predicted octanol–water partition coefficient (Wildman–Crippen LogP) is 4.18. The van der Waals surface area contributed by atoms with E-state index in [2.05, 4.69) is 41.1 Å². The maximum absolute atomic E-state index is 12.5. The van der Waals surface area contributed by atoms with E-state index in [9.17, 15) is 10.1 Å². The number of anilines is 1. The minimum Gasteiger partial charge on any atom is -0.384 e. The predicted molar refractivity (Wildman–Crippen MR) is 129 cm³/mol. The van der Waals surface area contributed by atoms with Crippen LogP contribution in [-0.2, 0) is 9.53 Å². The lowest BCUT2D eigenvalue weighted by molar-refractivity contribution is -0.134. The minimum absolute atomic E-state index is 0.0487. The number of nitriles is 1. The fourth-order valence-electron chi connectivity index (χ4n) is 4.62. The first-order valence-electron chi connectivity index (χ1n) is 11.4. The molecular formula is C25H27N5O2S. The van der Waals surface area contributed by atoms with Gasteiger partial charge in [0.05, 0.1) is 40.0 Å². The van der Waals surface area contributed by atoms with Crippen LogP contribution < -0.4 is 4.90 Å². The van der Waals surface area contributed by atoms with Gasteiger partial charge in [0.15, 0.2) is 0 Å². The van der Waals surface area contributed by atoms with Gasteiger partial charge in [-0.2, -0.15) is 5.26 Å². The topological polar surface area (TPSA) is 82.3 Å². The van der Waals surface area contributed by atoms with Crippen LogP contribution in [0.2, 0.25) is 0 Å². The maximum Gasteiger partial charge on any atom is 0.225 e. The molecule has 7 nitrogen and oxygen atoms in total. The molecule has 8 heteroatoms. The molecule has 0 bridgehead atoms. The Labute approximate surface area is 197 Å². The molecule has 0 radical (unpaired) electrons. The lowest BCUT2D eigenvalue weighted by Crippen LogP contribution is -2.54. The summed E-state index contributed by atoms with van der Waals surface area (Å²) in [5, 5.41) is 10.0. The number of methoxy groups -OCH3 is 1. The smallest absolute Gasteiger partial charge is 0.225 e. The Hall–Kier alpha value is -3.02. The van der Waals surface area contributed by atoms with Crippen LogP contribution >= 0.6 is 11.3 Å². The second-order valence-electron chi connectivity index (χ2n) is 8.84. The zero-order chi connectivity index (χ0) is 22.9. The first-order valence-corrected chi connectivity index (χ1v) is 12.3. The highest BCUT2D eigenvalue weighted by molar-refractivity contribution is 7.16. The summed E-state index contributed by atoms with van der Waals surface area (Å²) in [6.07, 6.45) is 2.65. The van der Waals surface area contributed by atoms with Crippen LogP contribution in [0, 0.1) is 11.3 Å². The molecule has 1 saturated carbocycles. The number of nitrogens with zero attached hydrogens (tertiary/aromatic N) is 5. The Morgan fingerprint density at radius 1 is 1.30 bits per heavy atom. The summed E-state index contributed by atoms with van der Waals surface area (Å²) in [5.74, 6) is 1.30. The van der Waals surface area contributed by atoms with Crippen molar-refractivity contribution in [1.82, 2.24) is 14.9 Å². The van der Waals surface area contributed by atoms with Crippen molar-refractivity contribution in [3.8, 4) is 17.2 Å². The van der Waals surface area contributed by atoms with Crippen molar-refractivity contribution in [1.29, 1.82) is 5.26 Å². The summed E-state index contributed by atoms with van der Waals surface area (Å²) in [4.78, 5) is 26.2. The molecule has 1 amide bonds. The van der Waals surface area contributed by atoms with Crippen molar-refractivity contribution < 1.29 is 9.53 Å². The Kier molecular flexibility index (Phi) is 6.00. The van der Waals surface area contributed by atoms with Gasteiger partial charge in [0.1, 0.15) is 11.9 Å². The normalized spacial score (nSPS) is 18.5. The Balaban J connectivity index is 1.46. The number of thiazole rings is 1. The third kappa shape index (κ3) is 4.31. The average molecular weight is 462 g/mol. The molecule has 1 aromatic carbocycles. The number of carbonyl (C=O) groups excluding carboxylic acids is 1. The molecule has 2 fully saturated rings. The van der Waals surface area contributed by atoms with Gasteiger partial charge in [0.25, 0.3) is 0 Å². The van der Waals surface area contributed by atoms with Crippen molar-refractivity contribution in [3.63, 3.8) is 0 Å². The van der Waals surface area contributed by atoms with E-state index in [4.69, 9.17) is 9.72 Å². The lowest BCUT2D eigenvalue weighted by Gasteiger charge is -2.41. The highest BCUT2D eigenvalue weighted by atomic mass is 32.1. The minimum atomic E-state index is 0.0487. The molecule has 2 aliphatic rings. The number of aromatic nitrogens is 2.